The fourth-order valence-electron chi connectivity index (χ4n) is 1.66. The molecule has 2 aromatic rings. The average molecular weight is 327 g/mol. The minimum absolute atomic E-state index is 0.0526. The normalized spacial score (nSPS) is 11.0. The fraction of sp³-hybridized carbons (Fsp3) is 0.143. The fourth-order valence-corrected chi connectivity index (χ4v) is 2.77. The van der Waals surface area contributed by atoms with E-state index in [0.717, 1.165) is 0 Å². The number of rotatable bonds is 5. The van der Waals surface area contributed by atoms with Crippen molar-refractivity contribution in [2.75, 3.05) is 14.2 Å². The highest BCUT2D eigenvalue weighted by atomic mass is 35.5. The van der Waals surface area contributed by atoms with Crippen LogP contribution in [-0.4, -0.2) is 22.6 Å². The van der Waals surface area contributed by atoms with E-state index in [1.807, 2.05) is 0 Å². The predicted octanol–water partition coefficient (Wildman–Crippen LogP) is 3.75. The second-order valence-corrected chi connectivity index (χ2v) is 6.10. The van der Waals surface area contributed by atoms with Crippen LogP contribution in [0.5, 0.6) is 11.5 Å². The molecule has 0 N–H and O–H groups in total. The molecule has 0 bridgehead atoms. The van der Waals surface area contributed by atoms with Crippen LogP contribution in [0.2, 0.25) is 5.02 Å². The standard InChI is InChI=1S/C14H13ClNO4S/c1-19-11-5-8-14(20-2)13(9-11)16-21(17,18)12-6-3-10(15)4-7-12/h3-9H,1-2H3/q-1. The van der Waals surface area contributed by atoms with Gasteiger partial charge in [-0.2, -0.15) is 0 Å². The Morgan fingerprint density at radius 1 is 1.00 bits per heavy atom. The van der Waals surface area contributed by atoms with Crippen molar-refractivity contribution >= 4 is 27.3 Å². The van der Waals surface area contributed by atoms with Crippen LogP contribution >= 0.6 is 11.6 Å². The van der Waals surface area contributed by atoms with Gasteiger partial charge in [0.05, 0.1) is 19.1 Å². The Morgan fingerprint density at radius 2 is 1.67 bits per heavy atom. The van der Waals surface area contributed by atoms with Crippen molar-refractivity contribution < 1.29 is 17.9 Å². The Hall–Kier alpha value is -1.92. The summed E-state index contributed by atoms with van der Waals surface area (Å²) in [6, 6.07) is 10.5. The number of sulfonamides is 1. The zero-order chi connectivity index (χ0) is 15.5. The summed E-state index contributed by atoms with van der Waals surface area (Å²) in [6.45, 7) is 0. The highest BCUT2D eigenvalue weighted by Crippen LogP contribution is 2.38. The van der Waals surface area contributed by atoms with Crippen LogP contribution in [0.4, 0.5) is 5.69 Å². The molecular formula is C14H13ClNO4S-. The van der Waals surface area contributed by atoms with Crippen molar-refractivity contribution in [1.82, 2.24) is 0 Å². The summed E-state index contributed by atoms with van der Waals surface area (Å²) in [6.07, 6.45) is 0. The number of methoxy groups -OCH3 is 2. The summed E-state index contributed by atoms with van der Waals surface area (Å²) >= 11 is 5.75. The smallest absolute Gasteiger partial charge is 0.123 e. The maximum absolute atomic E-state index is 12.3. The van der Waals surface area contributed by atoms with Gasteiger partial charge in [-0.05, 0) is 42.5 Å². The van der Waals surface area contributed by atoms with Gasteiger partial charge in [0.1, 0.15) is 21.5 Å². The van der Waals surface area contributed by atoms with Gasteiger partial charge in [-0.25, -0.2) is 8.42 Å². The topological polar surface area (TPSA) is 66.7 Å². The molecule has 2 rings (SSSR count). The molecule has 21 heavy (non-hydrogen) atoms. The number of hydrogen-bond acceptors (Lipinski definition) is 4. The first kappa shape index (κ1) is 15.5. The third-order valence-corrected chi connectivity index (χ3v) is 4.27. The highest BCUT2D eigenvalue weighted by molar-refractivity contribution is 7.94. The van der Waals surface area contributed by atoms with Gasteiger partial charge in [-0.15, -0.1) is 0 Å². The molecule has 0 aliphatic carbocycles. The van der Waals surface area contributed by atoms with Crippen molar-refractivity contribution in [3.63, 3.8) is 0 Å². The van der Waals surface area contributed by atoms with Crippen molar-refractivity contribution in [3.05, 3.63) is 52.2 Å². The molecule has 0 aromatic heterocycles. The molecule has 0 aliphatic rings. The number of benzene rings is 2. The lowest BCUT2D eigenvalue weighted by Crippen LogP contribution is -1.98. The van der Waals surface area contributed by atoms with Gasteiger partial charge < -0.3 is 14.2 Å². The lowest BCUT2D eigenvalue weighted by molar-refractivity contribution is 0.405. The first-order valence-electron chi connectivity index (χ1n) is 5.92. The van der Waals surface area contributed by atoms with Gasteiger partial charge in [-0.1, -0.05) is 17.3 Å². The van der Waals surface area contributed by atoms with Crippen LogP contribution in [-0.2, 0) is 10.0 Å². The molecular weight excluding hydrogens is 314 g/mol. The zero-order valence-electron chi connectivity index (χ0n) is 11.4. The molecule has 0 radical (unpaired) electrons. The monoisotopic (exact) mass is 326 g/mol. The molecule has 7 heteroatoms. The first-order chi connectivity index (χ1) is 9.96. The Kier molecular flexibility index (Phi) is 4.59. The third-order valence-electron chi connectivity index (χ3n) is 2.72. The number of halogens is 1. The second kappa shape index (κ2) is 6.24. The molecule has 0 saturated heterocycles. The molecule has 5 nitrogen and oxygen atoms in total. The van der Waals surface area contributed by atoms with Crippen LogP contribution in [0.15, 0.2) is 47.4 Å². The molecule has 2 aromatic carbocycles. The van der Waals surface area contributed by atoms with Crippen molar-refractivity contribution in [1.29, 1.82) is 0 Å². The average Bonchev–Trinajstić information content (AvgIpc) is 2.47. The molecule has 0 saturated carbocycles. The summed E-state index contributed by atoms with van der Waals surface area (Å²) in [5, 5.41) is 0.452. The van der Waals surface area contributed by atoms with E-state index in [0.29, 0.717) is 16.5 Å². The lowest BCUT2D eigenvalue weighted by Gasteiger charge is -2.24. The van der Waals surface area contributed by atoms with Gasteiger partial charge >= 0.3 is 0 Å². The van der Waals surface area contributed by atoms with Crippen LogP contribution in [0.1, 0.15) is 0 Å². The first-order valence-corrected chi connectivity index (χ1v) is 7.73. The van der Waals surface area contributed by atoms with Crippen molar-refractivity contribution in [3.8, 4) is 11.5 Å². The van der Waals surface area contributed by atoms with Gasteiger partial charge in [0.25, 0.3) is 0 Å². The van der Waals surface area contributed by atoms with E-state index >= 15 is 0 Å². The molecule has 0 aliphatic heterocycles. The largest absolute Gasteiger partial charge is 0.570 e. The maximum Gasteiger partial charge on any atom is 0.123 e. The Bertz CT molecular complexity index is 729. The Balaban J connectivity index is 2.38. The minimum atomic E-state index is -3.86. The van der Waals surface area contributed by atoms with E-state index in [1.165, 1.54) is 44.6 Å². The van der Waals surface area contributed by atoms with Crippen LogP contribution < -0.4 is 9.47 Å². The number of nitrogens with zero attached hydrogens (tertiary/aromatic N) is 1. The molecule has 0 unspecified atom stereocenters. The summed E-state index contributed by atoms with van der Waals surface area (Å²) in [7, 11) is -0.931. The molecule has 0 amide bonds. The predicted molar refractivity (Wildman–Crippen MR) is 81.2 cm³/mol. The number of ether oxygens (including phenoxy) is 2. The van der Waals surface area contributed by atoms with Crippen molar-refractivity contribution in [2.24, 2.45) is 0 Å². The Morgan fingerprint density at radius 3 is 2.24 bits per heavy atom. The molecule has 0 atom stereocenters. The number of hydrogen-bond donors (Lipinski definition) is 0. The summed E-state index contributed by atoms with van der Waals surface area (Å²) in [5.74, 6) is 0.828. The SMILES string of the molecule is COc1ccc(OC)c([N-]S(=O)(=O)c2ccc(Cl)cc2)c1. The van der Waals surface area contributed by atoms with Gasteiger partial charge in [0.2, 0.25) is 0 Å². The van der Waals surface area contributed by atoms with E-state index in [1.54, 1.807) is 12.1 Å². The van der Waals surface area contributed by atoms with E-state index in [4.69, 9.17) is 21.1 Å². The van der Waals surface area contributed by atoms with Gasteiger partial charge in [0.15, 0.2) is 0 Å². The summed E-state index contributed by atoms with van der Waals surface area (Å²) in [4.78, 5) is 0.0526. The van der Waals surface area contributed by atoms with Gasteiger partial charge in [0, 0.05) is 5.02 Å². The summed E-state index contributed by atoms with van der Waals surface area (Å²) in [5.41, 5.74) is 0.173. The highest BCUT2D eigenvalue weighted by Gasteiger charge is 2.07. The zero-order valence-corrected chi connectivity index (χ0v) is 13.0. The lowest BCUT2D eigenvalue weighted by atomic mass is 10.3. The van der Waals surface area contributed by atoms with Crippen LogP contribution in [0, 0.1) is 0 Å². The molecule has 0 fully saturated rings. The van der Waals surface area contributed by atoms with Crippen LogP contribution in [0.25, 0.3) is 4.72 Å². The van der Waals surface area contributed by atoms with Gasteiger partial charge in [-0.3, -0.25) is 0 Å². The molecule has 0 spiro atoms. The van der Waals surface area contributed by atoms with E-state index in [2.05, 4.69) is 4.72 Å². The van der Waals surface area contributed by atoms with Crippen LogP contribution in [0.3, 0.4) is 0 Å². The molecule has 112 valence electrons. The second-order valence-electron chi connectivity index (χ2n) is 4.06. The molecule has 0 heterocycles. The maximum atomic E-state index is 12.3. The van der Waals surface area contributed by atoms with E-state index in [-0.39, 0.29) is 10.6 Å². The third kappa shape index (κ3) is 3.59. The summed E-state index contributed by atoms with van der Waals surface area (Å²) < 4.78 is 38.5. The Labute approximate surface area is 128 Å². The van der Waals surface area contributed by atoms with E-state index in [9.17, 15) is 8.42 Å². The quantitative estimate of drug-likeness (QED) is 0.839. The van der Waals surface area contributed by atoms with Crippen molar-refractivity contribution in [2.45, 2.75) is 4.90 Å². The van der Waals surface area contributed by atoms with E-state index < -0.39 is 10.0 Å². The minimum Gasteiger partial charge on any atom is -0.570 e.